The van der Waals surface area contributed by atoms with E-state index in [1.807, 2.05) is 0 Å². The number of anilines is 1. The Labute approximate surface area is 155 Å². The predicted octanol–water partition coefficient (Wildman–Crippen LogP) is 0.224. The summed E-state index contributed by atoms with van der Waals surface area (Å²) in [5.74, 6) is 0. The first-order valence-electron chi connectivity index (χ1n) is 7.36. The highest BCUT2D eigenvalue weighted by Crippen LogP contribution is 2.36. The lowest BCUT2D eigenvalue weighted by Gasteiger charge is -2.36. The normalized spacial score (nSPS) is 19.6. The van der Waals surface area contributed by atoms with Crippen LogP contribution in [0.5, 0.6) is 0 Å². The zero-order valence-electron chi connectivity index (χ0n) is 13.7. The topological polar surface area (TPSA) is 162 Å². The lowest BCUT2D eigenvalue weighted by molar-refractivity contribution is -0.492. The Hall–Kier alpha value is -1.03. The first-order chi connectivity index (χ1) is 11.9. The minimum atomic E-state index is -4.18. The molecule has 0 aromatic heterocycles. The highest BCUT2D eigenvalue weighted by atomic mass is 35.5. The van der Waals surface area contributed by atoms with Crippen molar-refractivity contribution in [3.63, 3.8) is 0 Å². The summed E-state index contributed by atoms with van der Waals surface area (Å²) >= 11 is 5.96. The molecule has 0 spiro atoms. The largest absolute Gasteiger partial charge is 0.357 e. The molecule has 26 heavy (non-hydrogen) atoms. The van der Waals surface area contributed by atoms with Crippen LogP contribution < -0.4 is 14.8 Å². The number of sulfonamides is 2. The molecule has 0 saturated carbocycles. The van der Waals surface area contributed by atoms with Crippen molar-refractivity contribution in [2.75, 3.05) is 18.6 Å². The maximum atomic E-state index is 12.5. The van der Waals surface area contributed by atoms with Gasteiger partial charge in [0, 0.05) is 7.05 Å². The summed E-state index contributed by atoms with van der Waals surface area (Å²) in [6.45, 7) is 0.0380. The Kier molecular flexibility index (Phi) is 6.48. The van der Waals surface area contributed by atoms with Crippen LogP contribution in [0.3, 0.4) is 0 Å². The van der Waals surface area contributed by atoms with E-state index < -0.39 is 36.5 Å². The van der Waals surface area contributed by atoms with Gasteiger partial charge in [0.15, 0.2) is 0 Å². The molecule has 0 bridgehead atoms. The van der Waals surface area contributed by atoms with Crippen molar-refractivity contribution >= 4 is 37.3 Å². The monoisotopic (exact) mass is 430 g/mol. The Balaban J connectivity index is 2.24. The number of nitrogens with zero attached hydrogens (tertiary/aromatic N) is 2. The van der Waals surface area contributed by atoms with Crippen molar-refractivity contribution in [3.8, 4) is 0 Å². The molecule has 0 amide bonds. The molecule has 2 rings (SSSR count). The van der Waals surface area contributed by atoms with Crippen molar-refractivity contribution in [3.05, 3.63) is 17.2 Å². The van der Waals surface area contributed by atoms with Gasteiger partial charge in [0.1, 0.15) is 9.79 Å². The number of halogens is 1. The molecule has 148 valence electrons. The van der Waals surface area contributed by atoms with Gasteiger partial charge in [-0.1, -0.05) is 11.6 Å². The van der Waals surface area contributed by atoms with Crippen LogP contribution in [0, 0.1) is 0 Å². The van der Waals surface area contributed by atoms with Crippen LogP contribution in [0.15, 0.2) is 21.9 Å². The molecular weight excluding hydrogens is 412 g/mol. The third kappa shape index (κ3) is 4.82. The van der Waals surface area contributed by atoms with Gasteiger partial charge >= 0.3 is 0 Å². The summed E-state index contributed by atoms with van der Waals surface area (Å²) in [5.41, 5.74) is 0.249. The second-order valence-corrected chi connectivity index (χ2v) is 9.24. The van der Waals surface area contributed by atoms with Gasteiger partial charge in [-0.05, 0) is 31.4 Å². The van der Waals surface area contributed by atoms with Gasteiger partial charge in [-0.25, -0.2) is 22.0 Å². The number of fused-ring (bicyclic) bond motifs is 1. The summed E-state index contributed by atoms with van der Waals surface area (Å²) in [6.07, 6.45) is 0.762. The van der Waals surface area contributed by atoms with Crippen LogP contribution >= 0.6 is 11.6 Å². The third-order valence-electron chi connectivity index (χ3n) is 3.83. The van der Waals surface area contributed by atoms with Gasteiger partial charge < -0.3 is 4.90 Å². The van der Waals surface area contributed by atoms with E-state index in [1.165, 1.54) is 6.07 Å². The number of primary sulfonamides is 1. The van der Waals surface area contributed by atoms with Gasteiger partial charge in [-0.15, -0.1) is 0 Å². The molecule has 14 heteroatoms. The molecule has 1 aliphatic rings. The van der Waals surface area contributed by atoms with Crippen molar-refractivity contribution in [1.82, 2.24) is 10.1 Å². The molecule has 1 aromatic carbocycles. The van der Waals surface area contributed by atoms with Gasteiger partial charge in [0.25, 0.3) is 0 Å². The molecule has 0 radical (unpaired) electrons. The molecule has 0 aliphatic carbocycles. The Bertz CT molecular complexity index is 876. The lowest BCUT2D eigenvalue weighted by Crippen LogP contribution is -2.50. The van der Waals surface area contributed by atoms with Crippen LogP contribution in [-0.4, -0.2) is 52.5 Å². The molecular formula is C12H19ClN4O7S2. The predicted molar refractivity (Wildman–Crippen MR) is 90.6 cm³/mol. The summed E-state index contributed by atoms with van der Waals surface area (Å²) in [7, 11) is -6.51. The van der Waals surface area contributed by atoms with E-state index in [9.17, 15) is 16.8 Å². The van der Waals surface area contributed by atoms with Crippen molar-refractivity contribution in [2.24, 2.45) is 5.14 Å². The summed E-state index contributed by atoms with van der Waals surface area (Å²) < 4.78 is 50.6. The molecule has 1 atom stereocenters. The molecule has 1 aromatic rings. The van der Waals surface area contributed by atoms with Crippen LogP contribution in [0.25, 0.3) is 0 Å². The number of unbranched alkanes of at least 4 members (excludes halogenated alkanes) is 1. The van der Waals surface area contributed by atoms with E-state index >= 15 is 0 Å². The SMILES string of the molecule is CN1c2cc(Cl)c(S(N)(=O)=O)cc2S(=O)(=O)NC1CCCCON(O)O. The van der Waals surface area contributed by atoms with Crippen molar-refractivity contribution < 1.29 is 32.1 Å². The highest BCUT2D eigenvalue weighted by molar-refractivity contribution is 7.90. The van der Waals surface area contributed by atoms with Gasteiger partial charge in [0.05, 0.1) is 28.9 Å². The molecule has 5 N–H and O–H groups in total. The first kappa shape index (κ1) is 21.3. The van der Waals surface area contributed by atoms with Gasteiger partial charge in [0.2, 0.25) is 20.0 Å². The van der Waals surface area contributed by atoms with Gasteiger partial charge in [-0.3, -0.25) is 15.3 Å². The number of benzene rings is 1. The number of nitrogens with two attached hydrogens (primary N) is 1. The average molecular weight is 431 g/mol. The molecule has 0 saturated heterocycles. The van der Waals surface area contributed by atoms with Crippen LogP contribution in [-0.2, 0) is 24.9 Å². The fourth-order valence-electron chi connectivity index (χ4n) is 2.56. The van der Waals surface area contributed by atoms with Gasteiger partial charge in [-0.2, -0.15) is 4.72 Å². The molecule has 0 fully saturated rings. The average Bonchev–Trinajstić information content (AvgIpc) is 2.49. The summed E-state index contributed by atoms with van der Waals surface area (Å²) in [4.78, 5) is 5.35. The van der Waals surface area contributed by atoms with Crippen LogP contribution in [0.4, 0.5) is 5.69 Å². The lowest BCUT2D eigenvalue weighted by atomic mass is 10.2. The van der Waals surface area contributed by atoms with E-state index in [4.69, 9.17) is 27.2 Å². The second-order valence-electron chi connectivity index (χ2n) is 5.63. The van der Waals surface area contributed by atoms with E-state index in [-0.39, 0.29) is 22.2 Å². The zero-order chi connectivity index (χ0) is 19.7. The minimum Gasteiger partial charge on any atom is -0.357 e. The second kappa shape index (κ2) is 7.92. The summed E-state index contributed by atoms with van der Waals surface area (Å²) in [5, 5.41) is 21.4. The highest BCUT2D eigenvalue weighted by Gasteiger charge is 2.35. The standard InChI is InChI=1S/C12H19ClN4O7S2/c1-16-9-6-8(13)10(25(14,20)21)7-11(9)26(22,23)15-12(16)4-2-3-5-24-17(18)19/h6-7,12,15,18-19H,2-5H2,1H3,(H2,14,20,21). The fraction of sp³-hybridized carbons (Fsp3) is 0.500. The van der Waals surface area contributed by atoms with Crippen molar-refractivity contribution in [1.29, 1.82) is 0 Å². The molecule has 1 aliphatic heterocycles. The Morgan fingerprint density at radius 3 is 2.62 bits per heavy atom. The van der Waals surface area contributed by atoms with E-state index in [1.54, 1.807) is 11.9 Å². The van der Waals surface area contributed by atoms with Crippen LogP contribution in [0.2, 0.25) is 5.02 Å². The maximum absolute atomic E-state index is 12.5. The Morgan fingerprint density at radius 1 is 1.38 bits per heavy atom. The molecule has 1 heterocycles. The number of nitrogens with one attached hydrogen (secondary N) is 1. The first-order valence-corrected chi connectivity index (χ1v) is 10.8. The molecule has 11 nitrogen and oxygen atoms in total. The number of hydrogen-bond donors (Lipinski definition) is 4. The smallest absolute Gasteiger partial charge is 0.244 e. The number of rotatable bonds is 7. The number of hydrogen-bond acceptors (Lipinski definition) is 9. The summed E-state index contributed by atoms with van der Waals surface area (Å²) in [6, 6.07) is 2.19. The quantitative estimate of drug-likeness (QED) is 0.350. The van der Waals surface area contributed by atoms with Crippen LogP contribution in [0.1, 0.15) is 19.3 Å². The minimum absolute atomic E-state index is 0.0380. The molecule has 1 unspecified atom stereocenters. The van der Waals surface area contributed by atoms with Crippen molar-refractivity contribution in [2.45, 2.75) is 35.2 Å². The fourth-order valence-corrected chi connectivity index (χ4v) is 5.24. The van der Waals surface area contributed by atoms with E-state index in [0.717, 1.165) is 6.07 Å². The van der Waals surface area contributed by atoms with E-state index in [0.29, 0.717) is 19.3 Å². The third-order valence-corrected chi connectivity index (χ3v) is 6.69. The Morgan fingerprint density at radius 2 is 2.04 bits per heavy atom. The zero-order valence-corrected chi connectivity index (χ0v) is 16.1. The maximum Gasteiger partial charge on any atom is 0.244 e. The van der Waals surface area contributed by atoms with E-state index in [2.05, 4.69) is 9.56 Å².